The van der Waals surface area contributed by atoms with Gasteiger partial charge in [0.15, 0.2) is 0 Å². The molecule has 1 N–H and O–H groups in total. The van der Waals surface area contributed by atoms with Crippen molar-refractivity contribution in [3.63, 3.8) is 0 Å². The van der Waals surface area contributed by atoms with Crippen molar-refractivity contribution in [2.75, 3.05) is 13.2 Å². The fourth-order valence-corrected chi connectivity index (χ4v) is 4.99. The third-order valence-electron chi connectivity index (χ3n) is 6.64. The molecule has 4 rings (SSSR count). The number of aromatic nitrogens is 1. The van der Waals surface area contributed by atoms with E-state index in [-0.39, 0.29) is 5.91 Å². The van der Waals surface area contributed by atoms with Crippen LogP contribution in [0.1, 0.15) is 43.9 Å². The zero-order valence-electron chi connectivity index (χ0n) is 20.4. The van der Waals surface area contributed by atoms with Gasteiger partial charge in [-0.15, -0.1) is 0 Å². The first kappa shape index (κ1) is 24.7. The number of nitrogens with zero attached hydrogens (tertiary/aromatic N) is 3. The number of likely N-dealkylation sites (tertiary alicyclic amines) is 1. The summed E-state index contributed by atoms with van der Waals surface area (Å²) < 4.78 is 2.36. The molecule has 1 aliphatic heterocycles. The molecule has 35 heavy (non-hydrogen) atoms. The molecule has 1 saturated heterocycles. The summed E-state index contributed by atoms with van der Waals surface area (Å²) >= 11 is 0. The predicted molar refractivity (Wildman–Crippen MR) is 139 cm³/mol. The van der Waals surface area contributed by atoms with Crippen LogP contribution in [0.25, 0.3) is 10.9 Å². The normalized spacial score (nSPS) is 15.8. The second kappa shape index (κ2) is 12.3. The second-order valence-electron chi connectivity index (χ2n) is 8.89. The molecule has 0 radical (unpaired) electrons. The SMILES string of the molecule is CCn1c(CCC2CCCN2C(=O)Cc2ccccc2)cc2ccc(N=CCCONC=O)cc21. The van der Waals surface area contributed by atoms with Crippen LogP contribution in [0.15, 0.2) is 59.6 Å². The van der Waals surface area contributed by atoms with Gasteiger partial charge in [0.1, 0.15) is 0 Å². The molecule has 184 valence electrons. The molecular weight excluding hydrogens is 440 g/mol. The van der Waals surface area contributed by atoms with Crippen molar-refractivity contribution in [1.29, 1.82) is 0 Å². The minimum Gasteiger partial charge on any atom is -0.345 e. The molecule has 2 amide bonds. The molecule has 0 saturated carbocycles. The highest BCUT2D eigenvalue weighted by molar-refractivity contribution is 5.85. The van der Waals surface area contributed by atoms with Gasteiger partial charge in [0, 0.05) is 42.8 Å². The molecule has 3 aromatic rings. The first-order chi connectivity index (χ1) is 17.2. The van der Waals surface area contributed by atoms with Crippen LogP contribution in [0.3, 0.4) is 0 Å². The zero-order valence-corrected chi connectivity index (χ0v) is 20.4. The number of nitrogens with one attached hydrogen (secondary N) is 1. The number of rotatable bonds is 12. The smallest absolute Gasteiger partial charge is 0.230 e. The van der Waals surface area contributed by atoms with Crippen molar-refractivity contribution in [3.05, 3.63) is 65.9 Å². The van der Waals surface area contributed by atoms with E-state index in [0.29, 0.717) is 31.9 Å². The van der Waals surface area contributed by atoms with Gasteiger partial charge in [-0.2, -0.15) is 0 Å². The monoisotopic (exact) mass is 474 g/mol. The standard InChI is InChI=1S/C28H34N4O3/c1-2-31-26(19-23-11-12-24(20-27(23)31)29-15-7-17-35-30-21-33)14-13-25-10-6-16-32(25)28(34)18-22-8-4-3-5-9-22/h3-5,8-9,11-12,15,19-21,25H,2,6-7,10,13-14,16-18H2,1H3,(H,30,33). The van der Waals surface area contributed by atoms with Gasteiger partial charge in [0.2, 0.25) is 12.3 Å². The summed E-state index contributed by atoms with van der Waals surface area (Å²) in [6, 6.07) is 18.9. The Morgan fingerprint density at radius 1 is 1.20 bits per heavy atom. The summed E-state index contributed by atoms with van der Waals surface area (Å²) in [4.78, 5) is 34.7. The molecule has 1 fully saturated rings. The highest BCUT2D eigenvalue weighted by Gasteiger charge is 2.28. The molecule has 7 heteroatoms. The Morgan fingerprint density at radius 2 is 2.06 bits per heavy atom. The zero-order chi connectivity index (χ0) is 24.5. The average molecular weight is 475 g/mol. The van der Waals surface area contributed by atoms with Gasteiger partial charge < -0.3 is 9.47 Å². The highest BCUT2D eigenvalue weighted by Crippen LogP contribution is 2.28. The summed E-state index contributed by atoms with van der Waals surface area (Å²) in [5.74, 6) is 0.240. The molecule has 2 aromatic carbocycles. The van der Waals surface area contributed by atoms with Gasteiger partial charge in [0.05, 0.1) is 24.2 Å². The Labute approximate surface area is 206 Å². The van der Waals surface area contributed by atoms with Gasteiger partial charge in [-0.1, -0.05) is 36.4 Å². The number of carbonyl (C=O) groups excluding carboxylic acids is 2. The summed E-state index contributed by atoms with van der Waals surface area (Å²) in [5, 5.41) is 1.21. The molecule has 1 unspecified atom stereocenters. The number of aryl methyl sites for hydroxylation is 2. The minimum absolute atomic E-state index is 0.240. The molecule has 1 aromatic heterocycles. The number of fused-ring (bicyclic) bond motifs is 1. The minimum atomic E-state index is 0.240. The Balaban J connectivity index is 1.39. The van der Waals surface area contributed by atoms with Crippen molar-refractivity contribution in [2.24, 2.45) is 4.99 Å². The van der Waals surface area contributed by atoms with E-state index in [1.165, 1.54) is 16.6 Å². The number of hydroxylamine groups is 1. The molecule has 0 aliphatic carbocycles. The molecule has 2 heterocycles. The first-order valence-corrected chi connectivity index (χ1v) is 12.5. The van der Waals surface area contributed by atoms with Crippen molar-refractivity contribution in [3.8, 4) is 0 Å². The second-order valence-corrected chi connectivity index (χ2v) is 8.89. The van der Waals surface area contributed by atoms with E-state index in [9.17, 15) is 9.59 Å². The lowest BCUT2D eigenvalue weighted by molar-refractivity contribution is -0.131. The number of amides is 2. The lowest BCUT2D eigenvalue weighted by Crippen LogP contribution is -2.36. The fraction of sp³-hybridized carbons (Fsp3) is 0.393. The Kier molecular flexibility index (Phi) is 8.68. The number of aliphatic imine (C=N–C) groups is 1. The van der Waals surface area contributed by atoms with Crippen LogP contribution in [0.5, 0.6) is 0 Å². The van der Waals surface area contributed by atoms with Crippen LogP contribution in [0.2, 0.25) is 0 Å². The van der Waals surface area contributed by atoms with E-state index in [1.54, 1.807) is 6.21 Å². The summed E-state index contributed by atoms with van der Waals surface area (Å²) in [6.45, 7) is 4.30. The van der Waals surface area contributed by atoms with E-state index in [4.69, 9.17) is 4.84 Å². The summed E-state index contributed by atoms with van der Waals surface area (Å²) in [6.07, 6.45) is 7.49. The maximum Gasteiger partial charge on any atom is 0.230 e. The average Bonchev–Trinajstić information content (AvgIpc) is 3.49. The summed E-state index contributed by atoms with van der Waals surface area (Å²) in [7, 11) is 0. The quantitative estimate of drug-likeness (QED) is 0.180. The van der Waals surface area contributed by atoms with Crippen LogP contribution in [-0.2, 0) is 33.8 Å². The van der Waals surface area contributed by atoms with Crippen molar-refractivity contribution in [1.82, 2.24) is 14.9 Å². The van der Waals surface area contributed by atoms with E-state index in [0.717, 1.165) is 50.0 Å². The van der Waals surface area contributed by atoms with Crippen LogP contribution in [0.4, 0.5) is 5.69 Å². The van der Waals surface area contributed by atoms with E-state index in [1.807, 2.05) is 36.4 Å². The first-order valence-electron chi connectivity index (χ1n) is 12.5. The van der Waals surface area contributed by atoms with Crippen LogP contribution >= 0.6 is 0 Å². The molecule has 1 atom stereocenters. The number of carbonyl (C=O) groups is 2. The molecule has 1 aliphatic rings. The predicted octanol–water partition coefficient (Wildman–Crippen LogP) is 4.60. The number of benzene rings is 2. The van der Waals surface area contributed by atoms with Gasteiger partial charge in [0.25, 0.3) is 0 Å². The lowest BCUT2D eigenvalue weighted by Gasteiger charge is -2.25. The summed E-state index contributed by atoms with van der Waals surface area (Å²) in [5.41, 5.74) is 6.64. The van der Waals surface area contributed by atoms with Gasteiger partial charge >= 0.3 is 0 Å². The third-order valence-corrected chi connectivity index (χ3v) is 6.64. The Morgan fingerprint density at radius 3 is 2.86 bits per heavy atom. The molecule has 7 nitrogen and oxygen atoms in total. The van der Waals surface area contributed by atoms with Gasteiger partial charge in [-0.3, -0.25) is 19.4 Å². The maximum atomic E-state index is 13.0. The van der Waals surface area contributed by atoms with Crippen molar-refractivity contribution in [2.45, 2.75) is 58.0 Å². The van der Waals surface area contributed by atoms with Crippen LogP contribution < -0.4 is 5.48 Å². The lowest BCUT2D eigenvalue weighted by atomic mass is 10.1. The topological polar surface area (TPSA) is 75.9 Å². The van der Waals surface area contributed by atoms with Crippen molar-refractivity contribution >= 4 is 35.1 Å². The van der Waals surface area contributed by atoms with E-state index >= 15 is 0 Å². The highest BCUT2D eigenvalue weighted by atomic mass is 16.6. The molecular formula is C28H34N4O3. The molecule has 0 bridgehead atoms. The van der Waals surface area contributed by atoms with Crippen molar-refractivity contribution < 1.29 is 14.4 Å². The Hall–Kier alpha value is -3.45. The Bertz CT molecular complexity index is 1160. The fourth-order valence-electron chi connectivity index (χ4n) is 4.99. The van der Waals surface area contributed by atoms with E-state index in [2.05, 4.69) is 45.1 Å². The third kappa shape index (κ3) is 6.36. The van der Waals surface area contributed by atoms with E-state index < -0.39 is 0 Å². The van der Waals surface area contributed by atoms with Gasteiger partial charge in [-0.25, -0.2) is 5.48 Å². The largest absolute Gasteiger partial charge is 0.345 e. The molecule has 0 spiro atoms. The maximum absolute atomic E-state index is 13.0. The van der Waals surface area contributed by atoms with Crippen LogP contribution in [-0.4, -0.2) is 47.2 Å². The van der Waals surface area contributed by atoms with Crippen LogP contribution in [0, 0.1) is 0 Å². The number of hydrogen-bond acceptors (Lipinski definition) is 4. The van der Waals surface area contributed by atoms with Gasteiger partial charge in [-0.05, 0) is 56.4 Å². The number of hydrogen-bond donors (Lipinski definition) is 1.